The molecule has 0 spiro atoms. The van der Waals surface area contributed by atoms with Gasteiger partial charge >= 0.3 is 0 Å². The van der Waals surface area contributed by atoms with Crippen LogP contribution in [-0.4, -0.2) is 69.0 Å². The lowest BCUT2D eigenvalue weighted by Crippen LogP contribution is -2.36. The lowest BCUT2D eigenvalue weighted by Gasteiger charge is -2.37. The Morgan fingerprint density at radius 2 is 1.00 bits per heavy atom. The van der Waals surface area contributed by atoms with Crippen molar-refractivity contribution in [3.05, 3.63) is 102 Å². The molecule has 0 radical (unpaired) electrons. The normalized spacial score (nSPS) is 16.8. The number of nitrogens with zero attached hydrogens (tertiary/aromatic N) is 1. The maximum absolute atomic E-state index is 7.34. The highest BCUT2D eigenvalue weighted by atomic mass is 16.5. The molecule has 2 aliphatic rings. The zero-order valence-corrected chi connectivity index (χ0v) is 30.2. The van der Waals surface area contributed by atoms with E-state index in [1.54, 1.807) is 42.7 Å². The number of morpholine rings is 1. The Morgan fingerprint density at radius 1 is 0.538 bits per heavy atom. The van der Waals surface area contributed by atoms with Crippen LogP contribution in [-0.2, 0) is 10.3 Å². The molecular formula is C43H41NO8. The van der Waals surface area contributed by atoms with Crippen molar-refractivity contribution in [3.63, 3.8) is 0 Å². The molecule has 9 nitrogen and oxygen atoms in total. The predicted octanol–water partition coefficient (Wildman–Crippen LogP) is 8.38. The van der Waals surface area contributed by atoms with Crippen molar-refractivity contribution < 1.29 is 37.9 Å². The molecule has 1 fully saturated rings. The van der Waals surface area contributed by atoms with Gasteiger partial charge in [-0.05, 0) is 93.7 Å². The van der Waals surface area contributed by atoms with Crippen molar-refractivity contribution in [2.24, 2.45) is 0 Å². The smallest absolute Gasteiger partial charge is 0.178 e. The van der Waals surface area contributed by atoms with Gasteiger partial charge in [0.1, 0.15) is 5.75 Å². The molecule has 0 N–H and O–H groups in total. The molecule has 8 rings (SSSR count). The number of methoxy groups -OCH3 is 6. The monoisotopic (exact) mass is 699 g/mol. The molecule has 9 heteroatoms. The van der Waals surface area contributed by atoms with Gasteiger partial charge < -0.3 is 42.8 Å². The van der Waals surface area contributed by atoms with E-state index in [1.807, 2.05) is 36.4 Å². The quantitative estimate of drug-likeness (QED) is 0.138. The largest absolute Gasteiger partial charge is 0.497 e. The fourth-order valence-electron chi connectivity index (χ4n) is 7.66. The van der Waals surface area contributed by atoms with E-state index in [9.17, 15) is 0 Å². The molecule has 1 unspecified atom stereocenters. The van der Waals surface area contributed by atoms with Gasteiger partial charge in [-0.1, -0.05) is 24.3 Å². The Morgan fingerprint density at radius 3 is 1.50 bits per heavy atom. The van der Waals surface area contributed by atoms with Crippen LogP contribution >= 0.6 is 0 Å². The van der Waals surface area contributed by atoms with E-state index in [4.69, 9.17) is 37.9 Å². The highest BCUT2D eigenvalue weighted by Crippen LogP contribution is 2.53. The third-order valence-electron chi connectivity index (χ3n) is 10.3. The van der Waals surface area contributed by atoms with Gasteiger partial charge in [-0.2, -0.15) is 0 Å². The van der Waals surface area contributed by atoms with E-state index in [0.29, 0.717) is 34.5 Å². The Hall–Kier alpha value is -5.80. The maximum atomic E-state index is 7.34. The molecular weight excluding hydrogens is 658 g/mol. The summed E-state index contributed by atoms with van der Waals surface area (Å²) >= 11 is 0. The average Bonchev–Trinajstić information content (AvgIpc) is 3.22. The number of hydrogen-bond acceptors (Lipinski definition) is 9. The zero-order chi connectivity index (χ0) is 36.0. The molecule has 1 atom stereocenters. The minimum absolute atomic E-state index is 0.602. The van der Waals surface area contributed by atoms with E-state index >= 15 is 0 Å². The molecule has 52 heavy (non-hydrogen) atoms. The van der Waals surface area contributed by atoms with Crippen molar-refractivity contribution in [2.45, 2.75) is 5.60 Å². The topological polar surface area (TPSA) is 77.1 Å². The number of benzene rings is 6. The van der Waals surface area contributed by atoms with E-state index in [2.05, 4.69) is 59.5 Å². The molecule has 0 aromatic heterocycles. The highest BCUT2D eigenvalue weighted by molar-refractivity contribution is 6.28. The SMILES string of the molecule is COc1ccc(C2(c3ccc(N4CCOCC4)cc3)C=Cc3c(c(OC)cc4c5cc(OC)c(OC)cc5c5cc(OC)c(OC)cc5c34)O2)cc1. The third kappa shape index (κ3) is 5.26. The minimum Gasteiger partial charge on any atom is -0.497 e. The summed E-state index contributed by atoms with van der Waals surface area (Å²) in [6, 6.07) is 26.8. The summed E-state index contributed by atoms with van der Waals surface area (Å²) in [7, 11) is 9.93. The first-order valence-electron chi connectivity index (χ1n) is 17.2. The first-order valence-corrected chi connectivity index (χ1v) is 17.2. The van der Waals surface area contributed by atoms with Gasteiger partial charge in [0, 0.05) is 40.9 Å². The molecule has 0 aliphatic carbocycles. The molecule has 2 aliphatic heterocycles. The van der Waals surface area contributed by atoms with Crippen molar-refractivity contribution in [1.29, 1.82) is 0 Å². The Labute approximate surface area is 302 Å². The molecule has 6 aromatic rings. The maximum Gasteiger partial charge on any atom is 0.178 e. The minimum atomic E-state index is -0.978. The molecule has 0 saturated carbocycles. The Balaban J connectivity index is 1.41. The van der Waals surface area contributed by atoms with Crippen molar-refractivity contribution in [2.75, 3.05) is 73.9 Å². The standard InChI is InChI=1S/C43H41NO8/c1-45-29-13-9-27(10-14-29)43(26-7-11-28(12-8-26)44-17-19-51-20-18-44)16-15-30-41-34-24-39(49-5)38(48-4)22-32(34)31-21-36(46-2)37(47-3)23-33(31)35(41)25-40(50-6)42(30)52-43/h7-16,21-25H,17-20H2,1-6H3. The van der Waals surface area contributed by atoms with E-state index in [0.717, 1.165) is 86.7 Å². The molecule has 1 saturated heterocycles. The van der Waals surface area contributed by atoms with Crippen LogP contribution in [0.15, 0.2) is 84.9 Å². The van der Waals surface area contributed by atoms with Gasteiger partial charge in [0.05, 0.1) is 55.9 Å². The second-order valence-electron chi connectivity index (χ2n) is 12.8. The van der Waals surface area contributed by atoms with Crippen molar-refractivity contribution in [3.8, 4) is 40.2 Å². The van der Waals surface area contributed by atoms with Gasteiger partial charge in [0.25, 0.3) is 0 Å². The van der Waals surface area contributed by atoms with Gasteiger partial charge in [-0.3, -0.25) is 0 Å². The van der Waals surface area contributed by atoms with Crippen LogP contribution < -0.4 is 38.1 Å². The molecule has 266 valence electrons. The lowest BCUT2D eigenvalue weighted by atomic mass is 9.82. The summed E-state index contributed by atoms with van der Waals surface area (Å²) < 4.78 is 47.8. The summed E-state index contributed by atoms with van der Waals surface area (Å²) in [4.78, 5) is 2.35. The van der Waals surface area contributed by atoms with Gasteiger partial charge in [0.2, 0.25) is 0 Å². The summed E-state index contributed by atoms with van der Waals surface area (Å²) in [6.07, 6.45) is 4.30. The number of rotatable bonds is 9. The fraction of sp³-hybridized carbons (Fsp3) is 0.256. The van der Waals surface area contributed by atoms with Gasteiger partial charge in [-0.15, -0.1) is 0 Å². The van der Waals surface area contributed by atoms with Crippen LogP contribution in [0.5, 0.6) is 40.2 Å². The predicted molar refractivity (Wildman–Crippen MR) is 205 cm³/mol. The van der Waals surface area contributed by atoms with Crippen molar-refractivity contribution in [1.82, 2.24) is 0 Å². The first kappa shape index (κ1) is 33.3. The van der Waals surface area contributed by atoms with E-state index in [-0.39, 0.29) is 0 Å². The molecule has 6 aromatic carbocycles. The number of hydrogen-bond donors (Lipinski definition) is 0. The second kappa shape index (κ2) is 13.4. The van der Waals surface area contributed by atoms with Gasteiger partial charge in [-0.25, -0.2) is 0 Å². The van der Waals surface area contributed by atoms with Crippen LogP contribution in [0.25, 0.3) is 38.4 Å². The lowest BCUT2D eigenvalue weighted by molar-refractivity contribution is 0.122. The number of anilines is 1. The number of fused-ring (bicyclic) bond motifs is 8. The molecule has 0 bridgehead atoms. The first-order chi connectivity index (χ1) is 25.5. The van der Waals surface area contributed by atoms with Crippen LogP contribution in [0.3, 0.4) is 0 Å². The average molecular weight is 700 g/mol. The summed E-state index contributed by atoms with van der Waals surface area (Å²) in [6.45, 7) is 3.15. The van der Waals surface area contributed by atoms with Crippen LogP contribution in [0.2, 0.25) is 0 Å². The van der Waals surface area contributed by atoms with Crippen molar-refractivity contribution >= 4 is 44.1 Å². The summed E-state index contributed by atoms with van der Waals surface area (Å²) in [5.41, 5.74) is 2.98. The van der Waals surface area contributed by atoms with E-state index in [1.165, 1.54) is 0 Å². The molecule has 2 heterocycles. The van der Waals surface area contributed by atoms with Crippen LogP contribution in [0.1, 0.15) is 16.7 Å². The Kier molecular flexibility index (Phi) is 8.59. The second-order valence-corrected chi connectivity index (χ2v) is 12.8. The zero-order valence-electron chi connectivity index (χ0n) is 30.2. The summed E-state index contributed by atoms with van der Waals surface area (Å²) in [5.74, 6) is 4.49. The third-order valence-corrected chi connectivity index (χ3v) is 10.3. The van der Waals surface area contributed by atoms with Crippen LogP contribution in [0, 0.1) is 0 Å². The van der Waals surface area contributed by atoms with Gasteiger partial charge in [0.15, 0.2) is 40.1 Å². The summed E-state index contributed by atoms with van der Waals surface area (Å²) in [5, 5.41) is 5.81. The number of ether oxygens (including phenoxy) is 8. The van der Waals surface area contributed by atoms with E-state index < -0.39 is 5.60 Å². The fourth-order valence-corrected chi connectivity index (χ4v) is 7.66. The Bertz CT molecular complexity index is 2290. The highest BCUT2D eigenvalue weighted by Gasteiger charge is 2.39. The van der Waals surface area contributed by atoms with Crippen LogP contribution in [0.4, 0.5) is 5.69 Å². The molecule has 0 amide bonds.